The van der Waals surface area contributed by atoms with Gasteiger partial charge in [-0.2, -0.15) is 0 Å². The molecular weight excluding hydrogens is 378 g/mol. The first-order chi connectivity index (χ1) is 13.6. The molecule has 0 fully saturated rings. The van der Waals surface area contributed by atoms with Gasteiger partial charge in [-0.15, -0.1) is 0 Å². The maximum Gasteiger partial charge on any atom is 0.506 e. The number of fused-ring (bicyclic) bond motifs is 1. The van der Waals surface area contributed by atoms with Crippen molar-refractivity contribution in [2.75, 3.05) is 0 Å². The van der Waals surface area contributed by atoms with Gasteiger partial charge in [0.05, 0.1) is 0 Å². The van der Waals surface area contributed by atoms with E-state index in [-0.39, 0.29) is 11.1 Å². The number of nitrogens with zero attached hydrogens (tertiary/aromatic N) is 1. The average Bonchev–Trinajstić information content (AvgIpc) is 2.64. The van der Waals surface area contributed by atoms with Gasteiger partial charge in [0.15, 0.2) is 11.5 Å². The van der Waals surface area contributed by atoms with Gasteiger partial charge in [0.2, 0.25) is 5.91 Å². The van der Waals surface area contributed by atoms with Crippen LogP contribution in [0.4, 0.5) is 4.79 Å². The van der Waals surface area contributed by atoms with Crippen LogP contribution in [-0.2, 0) is 15.3 Å². The smallest absolute Gasteiger partial charge is 0.457 e. The zero-order valence-electron chi connectivity index (χ0n) is 16.2. The number of aliphatic hydroxyl groups is 1. The topological polar surface area (TPSA) is 113 Å². The number of amides is 1. The zero-order valence-corrected chi connectivity index (χ0v) is 16.2. The summed E-state index contributed by atoms with van der Waals surface area (Å²) in [6.07, 6.45) is -2.75. The largest absolute Gasteiger partial charge is 0.506 e. The Morgan fingerprint density at radius 3 is 2.38 bits per heavy atom. The second kappa shape index (κ2) is 7.56. The highest BCUT2D eigenvalue weighted by Crippen LogP contribution is 2.40. The van der Waals surface area contributed by atoms with E-state index >= 15 is 0 Å². The average molecular weight is 399 g/mol. The molecule has 0 bridgehead atoms. The number of benzene rings is 2. The van der Waals surface area contributed by atoms with Crippen LogP contribution in [0.5, 0.6) is 11.5 Å². The minimum Gasteiger partial charge on any atom is -0.457 e. The predicted octanol–water partition coefficient (Wildman–Crippen LogP) is 3.14. The van der Waals surface area contributed by atoms with Crippen molar-refractivity contribution < 1.29 is 34.1 Å². The number of ketones is 1. The number of rotatable bonds is 4. The van der Waals surface area contributed by atoms with Crippen molar-refractivity contribution in [3.8, 4) is 11.5 Å². The van der Waals surface area contributed by atoms with Crippen LogP contribution in [0.1, 0.15) is 36.7 Å². The van der Waals surface area contributed by atoms with Crippen LogP contribution in [-0.4, -0.2) is 45.1 Å². The minimum absolute atomic E-state index is 0.166. The van der Waals surface area contributed by atoms with Crippen LogP contribution in [0, 0.1) is 0 Å². The SMILES string of the molecule is CC(=O)N1C(C(C)OC(=O)O)C(=O)c2ccc(Oc3ccccc3)cc2C1(C)O. The molecular formula is C21H21NO7. The maximum absolute atomic E-state index is 13.1. The summed E-state index contributed by atoms with van der Waals surface area (Å²) < 4.78 is 10.5. The van der Waals surface area contributed by atoms with Crippen LogP contribution in [0.25, 0.3) is 0 Å². The van der Waals surface area contributed by atoms with Gasteiger partial charge in [-0.05, 0) is 44.2 Å². The van der Waals surface area contributed by atoms with E-state index in [0.29, 0.717) is 11.5 Å². The number of ether oxygens (including phenoxy) is 2. The minimum atomic E-state index is -1.88. The molecule has 2 N–H and O–H groups in total. The zero-order chi connectivity index (χ0) is 21.3. The maximum atomic E-state index is 13.1. The molecule has 2 aromatic rings. The number of carboxylic acid groups (broad SMARTS) is 1. The third-order valence-electron chi connectivity index (χ3n) is 4.83. The molecule has 0 saturated carbocycles. The summed E-state index contributed by atoms with van der Waals surface area (Å²) in [6.45, 7) is 3.92. The standard InChI is InChI=1S/C21H21NO7/c1-12(28-20(25)26)18-19(24)16-10-9-15(29-14-7-5-4-6-8-14)11-17(16)21(3,27)22(18)13(2)23/h4-12,18,27H,1-3H3,(H,25,26). The fraction of sp³-hybridized carbons (Fsp3) is 0.286. The van der Waals surface area contributed by atoms with Gasteiger partial charge in [0, 0.05) is 18.1 Å². The van der Waals surface area contributed by atoms with Gasteiger partial charge in [-0.25, -0.2) is 4.79 Å². The van der Waals surface area contributed by atoms with E-state index in [0.717, 1.165) is 4.90 Å². The molecule has 2 aromatic carbocycles. The molecule has 1 heterocycles. The van der Waals surface area contributed by atoms with Crippen molar-refractivity contribution in [1.29, 1.82) is 0 Å². The third kappa shape index (κ3) is 3.79. The first-order valence-corrected chi connectivity index (χ1v) is 8.96. The summed E-state index contributed by atoms with van der Waals surface area (Å²) in [4.78, 5) is 37.3. The van der Waals surface area contributed by atoms with Crippen molar-refractivity contribution in [3.05, 3.63) is 59.7 Å². The fourth-order valence-electron chi connectivity index (χ4n) is 3.64. The molecule has 3 unspecified atom stereocenters. The van der Waals surface area contributed by atoms with Gasteiger partial charge >= 0.3 is 6.16 Å². The molecule has 29 heavy (non-hydrogen) atoms. The van der Waals surface area contributed by atoms with Crippen LogP contribution in [0.15, 0.2) is 48.5 Å². The van der Waals surface area contributed by atoms with Crippen LogP contribution in [0.2, 0.25) is 0 Å². The highest BCUT2D eigenvalue weighted by molar-refractivity contribution is 6.05. The van der Waals surface area contributed by atoms with E-state index < -0.39 is 35.7 Å². The lowest BCUT2D eigenvalue weighted by Gasteiger charge is -2.47. The summed E-state index contributed by atoms with van der Waals surface area (Å²) in [5.74, 6) is -0.185. The number of para-hydroxylation sites is 1. The molecule has 3 atom stereocenters. The molecule has 0 aliphatic carbocycles. The Morgan fingerprint density at radius 1 is 1.14 bits per heavy atom. The molecule has 1 aliphatic heterocycles. The van der Waals surface area contributed by atoms with Crippen molar-refractivity contribution in [2.24, 2.45) is 0 Å². The van der Waals surface area contributed by atoms with Gasteiger partial charge in [-0.1, -0.05) is 18.2 Å². The highest BCUT2D eigenvalue weighted by Gasteiger charge is 2.51. The molecule has 3 rings (SSSR count). The van der Waals surface area contributed by atoms with Crippen molar-refractivity contribution in [2.45, 2.75) is 38.6 Å². The summed E-state index contributed by atoms with van der Waals surface area (Å²) >= 11 is 0. The molecule has 152 valence electrons. The monoisotopic (exact) mass is 399 g/mol. The van der Waals surface area contributed by atoms with Crippen molar-refractivity contribution in [3.63, 3.8) is 0 Å². The Balaban J connectivity index is 2.06. The molecule has 1 aliphatic rings. The summed E-state index contributed by atoms with van der Waals surface area (Å²) in [7, 11) is 0. The van der Waals surface area contributed by atoms with Gasteiger partial charge in [-0.3, -0.25) is 14.5 Å². The van der Waals surface area contributed by atoms with Crippen molar-refractivity contribution in [1.82, 2.24) is 4.90 Å². The Hall–Kier alpha value is -3.39. The summed E-state index contributed by atoms with van der Waals surface area (Å²) in [5, 5.41) is 20.1. The van der Waals surface area contributed by atoms with E-state index in [1.165, 1.54) is 32.9 Å². The Morgan fingerprint density at radius 2 is 1.79 bits per heavy atom. The van der Waals surface area contributed by atoms with E-state index in [2.05, 4.69) is 0 Å². The second-order valence-electron chi connectivity index (χ2n) is 6.93. The molecule has 8 heteroatoms. The number of Topliss-reactive ketones (excluding diaryl/α,β-unsaturated/α-hetero) is 1. The molecule has 0 aromatic heterocycles. The third-order valence-corrected chi connectivity index (χ3v) is 4.83. The van der Waals surface area contributed by atoms with E-state index in [1.54, 1.807) is 30.3 Å². The van der Waals surface area contributed by atoms with Gasteiger partial charge in [0.25, 0.3) is 0 Å². The van der Waals surface area contributed by atoms with E-state index in [9.17, 15) is 19.5 Å². The van der Waals surface area contributed by atoms with Crippen LogP contribution >= 0.6 is 0 Å². The lowest BCUT2D eigenvalue weighted by molar-refractivity contribution is -0.170. The summed E-state index contributed by atoms with van der Waals surface area (Å²) in [5.41, 5.74) is -1.53. The molecule has 0 radical (unpaired) electrons. The van der Waals surface area contributed by atoms with E-state index in [1.807, 2.05) is 6.07 Å². The van der Waals surface area contributed by atoms with Gasteiger partial charge < -0.3 is 19.7 Å². The fourth-order valence-corrected chi connectivity index (χ4v) is 3.64. The van der Waals surface area contributed by atoms with Crippen molar-refractivity contribution >= 4 is 17.8 Å². The molecule has 0 spiro atoms. The quantitative estimate of drug-likeness (QED) is 0.759. The first-order valence-electron chi connectivity index (χ1n) is 8.96. The lowest BCUT2D eigenvalue weighted by atomic mass is 9.83. The molecule has 8 nitrogen and oxygen atoms in total. The Kier molecular flexibility index (Phi) is 5.30. The van der Waals surface area contributed by atoms with E-state index in [4.69, 9.17) is 14.6 Å². The second-order valence-corrected chi connectivity index (χ2v) is 6.93. The Bertz CT molecular complexity index is 955. The lowest BCUT2D eigenvalue weighted by Crippen LogP contribution is -2.62. The molecule has 0 saturated heterocycles. The number of carbonyl (C=O) groups excluding carboxylic acids is 2. The van der Waals surface area contributed by atoms with Gasteiger partial charge in [0.1, 0.15) is 23.6 Å². The highest BCUT2D eigenvalue weighted by atomic mass is 16.7. The number of carbonyl (C=O) groups is 3. The van der Waals surface area contributed by atoms with Crippen LogP contribution in [0.3, 0.4) is 0 Å². The predicted molar refractivity (Wildman–Crippen MR) is 102 cm³/mol. The van der Waals surface area contributed by atoms with Crippen LogP contribution < -0.4 is 4.74 Å². The number of hydrogen-bond donors (Lipinski definition) is 2. The number of hydrogen-bond acceptors (Lipinski definition) is 6. The Labute approximate surface area is 167 Å². The molecule has 1 amide bonds. The summed E-state index contributed by atoms with van der Waals surface area (Å²) in [6, 6.07) is 12.2. The first kappa shape index (κ1) is 20.3. The normalized spacial score (nSPS) is 21.9.